The molecule has 6 rings (SSSR count). The highest BCUT2D eigenvalue weighted by molar-refractivity contribution is 6.05. The number of aromatic nitrogens is 3. The van der Waals surface area contributed by atoms with Crippen molar-refractivity contribution >= 4 is 28.5 Å². The Bertz CT molecular complexity index is 1480. The van der Waals surface area contributed by atoms with Crippen LogP contribution in [0.15, 0.2) is 30.6 Å². The van der Waals surface area contributed by atoms with Gasteiger partial charge in [0.1, 0.15) is 18.1 Å². The second-order valence-electron chi connectivity index (χ2n) is 10.3. The second-order valence-corrected chi connectivity index (χ2v) is 10.3. The predicted molar refractivity (Wildman–Crippen MR) is 132 cm³/mol. The fourth-order valence-corrected chi connectivity index (χ4v) is 5.83. The summed E-state index contributed by atoms with van der Waals surface area (Å²) < 4.78 is 75.6. The summed E-state index contributed by atoms with van der Waals surface area (Å²) in [6, 6.07) is 4.59. The van der Waals surface area contributed by atoms with E-state index in [1.165, 1.54) is 29.1 Å². The molecule has 14 heteroatoms. The molecule has 3 aromatic rings. The molecule has 40 heavy (non-hydrogen) atoms. The first kappa shape index (κ1) is 26.4. The highest BCUT2D eigenvalue weighted by Crippen LogP contribution is 2.44. The lowest BCUT2D eigenvalue weighted by Gasteiger charge is -2.37. The molecular weight excluding hydrogens is 539 g/mol. The van der Waals surface area contributed by atoms with Crippen molar-refractivity contribution in [3.05, 3.63) is 47.5 Å². The number of amides is 2. The van der Waals surface area contributed by atoms with Crippen LogP contribution in [0.3, 0.4) is 0 Å². The van der Waals surface area contributed by atoms with Crippen LogP contribution >= 0.6 is 0 Å². The van der Waals surface area contributed by atoms with Crippen LogP contribution in [0.4, 0.5) is 27.6 Å². The minimum absolute atomic E-state index is 0.0204. The maximum Gasteiger partial charge on any atom is 0.418 e. The molecule has 2 saturated heterocycles. The Morgan fingerprint density at radius 3 is 2.60 bits per heavy atom. The monoisotopic (exact) mass is 564 g/mol. The van der Waals surface area contributed by atoms with Gasteiger partial charge in [-0.15, -0.1) is 0 Å². The van der Waals surface area contributed by atoms with Gasteiger partial charge in [-0.25, -0.2) is 18.7 Å². The van der Waals surface area contributed by atoms with Gasteiger partial charge in [0.05, 0.1) is 45.8 Å². The summed E-state index contributed by atoms with van der Waals surface area (Å²) in [6.07, 6.45) is -5.28. The number of hydrogen-bond acceptors (Lipinski definition) is 6. The molecule has 0 bridgehead atoms. The normalized spacial score (nSPS) is 20.8. The van der Waals surface area contributed by atoms with Crippen LogP contribution in [0.5, 0.6) is 5.75 Å². The van der Waals surface area contributed by atoms with E-state index in [0.717, 1.165) is 6.07 Å². The fourth-order valence-electron chi connectivity index (χ4n) is 5.83. The van der Waals surface area contributed by atoms with Gasteiger partial charge < -0.3 is 19.9 Å². The summed E-state index contributed by atoms with van der Waals surface area (Å²) in [5.41, 5.74) is -1.44. The quantitative estimate of drug-likeness (QED) is 0.442. The molecule has 2 fully saturated rings. The number of rotatable bonds is 6. The number of anilines is 1. The molecule has 0 radical (unpaired) electrons. The summed E-state index contributed by atoms with van der Waals surface area (Å²) in [5.74, 6) is -0.467. The maximum absolute atomic E-state index is 14.0. The molecule has 1 spiro atoms. The topological polar surface area (TPSA) is 101 Å². The van der Waals surface area contributed by atoms with E-state index in [1.807, 2.05) is 4.90 Å². The first-order chi connectivity index (χ1) is 19.0. The van der Waals surface area contributed by atoms with Crippen molar-refractivity contribution in [2.24, 2.45) is 0 Å². The average molecular weight is 565 g/mol. The Labute approximate surface area is 224 Å². The van der Waals surface area contributed by atoms with Crippen LogP contribution in [0, 0.1) is 0 Å². The van der Waals surface area contributed by atoms with Gasteiger partial charge in [-0.3, -0.25) is 14.5 Å². The molecule has 1 unspecified atom stereocenters. The van der Waals surface area contributed by atoms with Crippen molar-refractivity contribution in [2.45, 2.75) is 43.3 Å². The number of ether oxygens (including phenoxy) is 1. The molecular formula is C26H25F5N6O3. The Morgan fingerprint density at radius 2 is 1.93 bits per heavy atom. The third kappa shape index (κ3) is 4.53. The number of halogens is 5. The van der Waals surface area contributed by atoms with Crippen LogP contribution in [0.1, 0.15) is 48.7 Å². The highest BCUT2D eigenvalue weighted by atomic mass is 19.4. The molecule has 2 aromatic heterocycles. The van der Waals surface area contributed by atoms with Crippen LogP contribution in [-0.2, 0) is 21.2 Å². The molecule has 5 heterocycles. The highest BCUT2D eigenvalue weighted by Gasteiger charge is 2.50. The van der Waals surface area contributed by atoms with Gasteiger partial charge >= 0.3 is 6.18 Å². The van der Waals surface area contributed by atoms with Crippen molar-refractivity contribution < 1.29 is 36.3 Å². The lowest BCUT2D eigenvalue weighted by Crippen LogP contribution is -2.47. The number of nitrogens with one attached hydrogen (secondary N) is 2. The van der Waals surface area contributed by atoms with Crippen LogP contribution < -0.4 is 15.4 Å². The number of carbonyl (C=O) groups is 2. The van der Waals surface area contributed by atoms with Crippen molar-refractivity contribution in [1.29, 1.82) is 0 Å². The number of pyridine rings is 1. The van der Waals surface area contributed by atoms with Crippen molar-refractivity contribution in [1.82, 2.24) is 24.8 Å². The third-order valence-electron chi connectivity index (χ3n) is 7.96. The van der Waals surface area contributed by atoms with Gasteiger partial charge in [0, 0.05) is 25.6 Å². The van der Waals surface area contributed by atoms with E-state index < -0.39 is 29.6 Å². The number of nitrogens with zero attached hydrogens (tertiary/aromatic N) is 4. The van der Waals surface area contributed by atoms with Gasteiger partial charge in [-0.05, 0) is 44.1 Å². The van der Waals surface area contributed by atoms with E-state index in [-0.39, 0.29) is 53.9 Å². The van der Waals surface area contributed by atoms with E-state index in [2.05, 4.69) is 20.6 Å². The largest absolute Gasteiger partial charge is 0.492 e. The SMILES string of the molecule is O=C1CC(n2cnc3cc(OCCN4CCC5(CC4)C(=O)Nc4ccc(C(F)F)nc45)cc(C(F)(F)F)c32)CN1. The van der Waals surface area contributed by atoms with Crippen LogP contribution in [0.25, 0.3) is 11.0 Å². The number of benzene rings is 1. The predicted octanol–water partition coefficient (Wildman–Crippen LogP) is 3.81. The summed E-state index contributed by atoms with van der Waals surface area (Å²) in [5, 5.41) is 5.38. The van der Waals surface area contributed by atoms with Crippen molar-refractivity contribution in [3.8, 4) is 5.75 Å². The number of carbonyl (C=O) groups excluding carboxylic acids is 2. The Hall–Kier alpha value is -3.81. The first-order valence-electron chi connectivity index (χ1n) is 12.9. The number of alkyl halides is 5. The number of imidazole rings is 1. The van der Waals surface area contributed by atoms with Gasteiger partial charge in [0.15, 0.2) is 0 Å². The van der Waals surface area contributed by atoms with E-state index in [4.69, 9.17) is 4.74 Å². The Balaban J connectivity index is 1.13. The van der Waals surface area contributed by atoms with Gasteiger partial charge in [-0.1, -0.05) is 0 Å². The zero-order chi connectivity index (χ0) is 28.2. The van der Waals surface area contributed by atoms with Gasteiger partial charge in [-0.2, -0.15) is 13.2 Å². The van der Waals surface area contributed by atoms with Crippen LogP contribution in [0.2, 0.25) is 0 Å². The van der Waals surface area contributed by atoms with E-state index in [0.29, 0.717) is 43.9 Å². The van der Waals surface area contributed by atoms with E-state index in [1.54, 1.807) is 0 Å². The molecule has 2 amide bonds. The number of likely N-dealkylation sites (tertiary alicyclic amines) is 1. The maximum atomic E-state index is 14.0. The van der Waals surface area contributed by atoms with Crippen molar-refractivity contribution in [3.63, 3.8) is 0 Å². The molecule has 0 saturated carbocycles. The lowest BCUT2D eigenvalue weighted by atomic mass is 9.76. The zero-order valence-electron chi connectivity index (χ0n) is 21.1. The summed E-state index contributed by atoms with van der Waals surface area (Å²) in [7, 11) is 0. The Morgan fingerprint density at radius 1 is 1.15 bits per heavy atom. The summed E-state index contributed by atoms with van der Waals surface area (Å²) >= 11 is 0. The summed E-state index contributed by atoms with van der Waals surface area (Å²) in [4.78, 5) is 34.7. The molecule has 3 aliphatic rings. The van der Waals surface area contributed by atoms with Gasteiger partial charge in [0.25, 0.3) is 6.43 Å². The fraction of sp³-hybridized carbons (Fsp3) is 0.462. The standard InChI is InChI=1S/C26H25F5N6O3/c27-23(28)18-2-1-17-22(34-18)25(24(39)35-17)3-5-36(6-4-25)7-8-40-15-10-16(26(29,30)31)21-19(11-15)33-13-37(21)14-9-20(38)32-12-14/h1-2,10-11,13-14,23H,3-9,12H2,(H,32,38)(H,35,39). The Kier molecular flexibility index (Phi) is 6.39. The lowest BCUT2D eigenvalue weighted by molar-refractivity contribution is -0.136. The third-order valence-corrected chi connectivity index (χ3v) is 7.96. The average Bonchev–Trinajstić information content (AvgIpc) is 3.60. The number of piperidine rings is 1. The minimum Gasteiger partial charge on any atom is -0.492 e. The van der Waals surface area contributed by atoms with E-state index in [9.17, 15) is 31.5 Å². The molecule has 1 atom stereocenters. The minimum atomic E-state index is -4.66. The molecule has 1 aromatic carbocycles. The zero-order valence-corrected chi connectivity index (χ0v) is 21.1. The molecule has 3 aliphatic heterocycles. The number of hydrogen-bond donors (Lipinski definition) is 2. The molecule has 2 N–H and O–H groups in total. The summed E-state index contributed by atoms with van der Waals surface area (Å²) in [6.45, 7) is 1.63. The molecule has 0 aliphatic carbocycles. The van der Waals surface area contributed by atoms with Gasteiger partial charge in [0.2, 0.25) is 11.8 Å². The smallest absolute Gasteiger partial charge is 0.418 e. The molecule has 212 valence electrons. The van der Waals surface area contributed by atoms with Crippen molar-refractivity contribution in [2.75, 3.05) is 38.1 Å². The first-order valence-corrected chi connectivity index (χ1v) is 12.9. The number of fused-ring (bicyclic) bond motifs is 3. The molecule has 9 nitrogen and oxygen atoms in total. The van der Waals surface area contributed by atoms with Crippen LogP contribution in [-0.4, -0.2) is 64.0 Å². The second kappa shape index (κ2) is 9.68. The van der Waals surface area contributed by atoms with E-state index >= 15 is 0 Å².